The van der Waals surface area contributed by atoms with Crippen LogP contribution in [0.25, 0.3) is 0 Å². The molecule has 27 heavy (non-hydrogen) atoms. The summed E-state index contributed by atoms with van der Waals surface area (Å²) in [6.07, 6.45) is -1.22. The van der Waals surface area contributed by atoms with Crippen molar-refractivity contribution in [3.63, 3.8) is 0 Å². The Morgan fingerprint density at radius 1 is 1.15 bits per heavy atom. The summed E-state index contributed by atoms with van der Waals surface area (Å²) in [4.78, 5) is 33.8. The van der Waals surface area contributed by atoms with Gasteiger partial charge in [-0.3, -0.25) is 9.59 Å². The highest BCUT2D eigenvalue weighted by atomic mass is 32.2. The summed E-state index contributed by atoms with van der Waals surface area (Å²) >= 11 is 0. The summed E-state index contributed by atoms with van der Waals surface area (Å²) in [7, 11) is -4.52. The average Bonchev–Trinajstić information content (AvgIpc) is 2.48. The molecule has 0 saturated heterocycles. The Labute approximate surface area is 157 Å². The highest BCUT2D eigenvalue weighted by Gasteiger charge is 2.29. The smallest absolute Gasteiger partial charge is 0.422 e. The van der Waals surface area contributed by atoms with Gasteiger partial charge in [0.25, 0.3) is 0 Å². The molecule has 0 aliphatic rings. The molecule has 0 aliphatic heterocycles. The maximum Gasteiger partial charge on any atom is 0.422 e. The lowest BCUT2D eigenvalue weighted by molar-refractivity contribution is -0.135. The first-order valence-electron chi connectivity index (χ1n) is 7.89. The molecular weight excluding hydrogens is 378 g/mol. The Kier molecular flexibility index (Phi) is 7.17. The first-order chi connectivity index (χ1) is 12.3. The van der Waals surface area contributed by atoms with Gasteiger partial charge in [-0.2, -0.15) is 8.42 Å². The van der Waals surface area contributed by atoms with Crippen LogP contribution in [-0.2, 0) is 31.1 Å². The Balaban J connectivity index is 3.05. The number of carboxylic acids is 1. The molecule has 1 aromatic carbocycles. The van der Waals surface area contributed by atoms with Gasteiger partial charge < -0.3 is 15.2 Å². The highest BCUT2D eigenvalue weighted by molar-refractivity contribution is 7.91. The van der Waals surface area contributed by atoms with Crippen LogP contribution in [0.15, 0.2) is 24.3 Å². The normalized spacial score (nSPS) is 11.4. The van der Waals surface area contributed by atoms with E-state index in [0.29, 0.717) is 9.87 Å². The van der Waals surface area contributed by atoms with Crippen LogP contribution in [0, 0.1) is 0 Å². The molecule has 0 saturated carbocycles. The molecule has 0 aliphatic carbocycles. The van der Waals surface area contributed by atoms with Gasteiger partial charge in [-0.25, -0.2) is 13.8 Å². The van der Waals surface area contributed by atoms with Gasteiger partial charge in [0.1, 0.15) is 12.1 Å². The zero-order valence-corrected chi connectivity index (χ0v) is 16.3. The number of carbonyl (C=O) groups excluding carboxylic acids is 2. The topological polar surface area (TPSA) is 142 Å². The zero-order chi connectivity index (χ0) is 20.8. The minimum Gasteiger partial charge on any atom is -0.480 e. The van der Waals surface area contributed by atoms with Crippen LogP contribution in [0.3, 0.4) is 0 Å². The van der Waals surface area contributed by atoms with E-state index < -0.39 is 34.4 Å². The largest absolute Gasteiger partial charge is 0.480 e. The van der Waals surface area contributed by atoms with Crippen LogP contribution >= 0.6 is 0 Å². The van der Waals surface area contributed by atoms with Crippen molar-refractivity contribution in [1.82, 2.24) is 10.0 Å². The van der Waals surface area contributed by atoms with Gasteiger partial charge in [0.05, 0.1) is 5.69 Å². The lowest BCUT2D eigenvalue weighted by Gasteiger charge is -2.25. The lowest BCUT2D eigenvalue weighted by Crippen LogP contribution is -2.47. The summed E-state index contributed by atoms with van der Waals surface area (Å²) < 4.78 is 32.0. The van der Waals surface area contributed by atoms with Crippen LogP contribution in [0.1, 0.15) is 33.3 Å². The monoisotopic (exact) mass is 401 g/mol. The van der Waals surface area contributed by atoms with E-state index in [2.05, 4.69) is 5.32 Å². The number of nitrogens with one attached hydrogen (secondary N) is 2. The summed E-state index contributed by atoms with van der Waals surface area (Å²) in [6, 6.07) is 5.80. The highest BCUT2D eigenvalue weighted by Crippen LogP contribution is 2.19. The van der Waals surface area contributed by atoms with Crippen molar-refractivity contribution >= 4 is 33.9 Å². The fraction of sp³-hybridized carbons (Fsp3) is 0.438. The summed E-state index contributed by atoms with van der Waals surface area (Å²) in [6.45, 7) is 5.37. The van der Waals surface area contributed by atoms with E-state index in [1.807, 2.05) is 0 Å². The second-order valence-electron chi connectivity index (χ2n) is 6.59. The van der Waals surface area contributed by atoms with Crippen LogP contribution in [0.5, 0.6) is 0 Å². The minimum absolute atomic E-state index is 0.0278. The number of ether oxygens (including phenoxy) is 1. The lowest BCUT2D eigenvalue weighted by atomic mass is 10.2. The van der Waals surface area contributed by atoms with E-state index in [1.54, 1.807) is 25.5 Å². The van der Waals surface area contributed by atoms with E-state index >= 15 is 0 Å². The molecule has 0 atom stereocenters. The molecule has 0 unspecified atom stereocenters. The van der Waals surface area contributed by atoms with Crippen LogP contribution < -0.4 is 14.3 Å². The number of aliphatic carboxylic acids is 1. The van der Waals surface area contributed by atoms with Gasteiger partial charge in [0, 0.05) is 13.5 Å². The predicted octanol–water partition coefficient (Wildman–Crippen LogP) is 0.983. The van der Waals surface area contributed by atoms with Crippen LogP contribution in [-0.4, -0.2) is 43.6 Å². The third-order valence-corrected chi connectivity index (χ3v) is 4.29. The van der Waals surface area contributed by atoms with E-state index in [-0.39, 0.29) is 18.1 Å². The van der Waals surface area contributed by atoms with Crippen molar-refractivity contribution < 1.29 is 32.6 Å². The zero-order valence-electron chi connectivity index (χ0n) is 15.5. The minimum atomic E-state index is -4.52. The molecule has 0 spiro atoms. The number of hydrogen-bond donors (Lipinski definition) is 3. The molecule has 10 nitrogen and oxygen atoms in total. The molecular formula is C16H23N3O7S. The first kappa shape index (κ1) is 22.2. The molecule has 1 rings (SSSR count). The fourth-order valence-electron chi connectivity index (χ4n) is 1.90. The molecule has 0 heterocycles. The third-order valence-electron chi connectivity index (χ3n) is 2.95. The summed E-state index contributed by atoms with van der Waals surface area (Å²) in [5.41, 5.74) is -0.218. The van der Waals surface area contributed by atoms with E-state index in [1.165, 1.54) is 31.2 Å². The van der Waals surface area contributed by atoms with E-state index in [4.69, 9.17) is 9.84 Å². The van der Waals surface area contributed by atoms with Crippen molar-refractivity contribution in [1.29, 1.82) is 0 Å². The van der Waals surface area contributed by atoms with Crippen molar-refractivity contribution in [2.75, 3.05) is 10.8 Å². The third kappa shape index (κ3) is 7.94. The molecule has 1 aromatic rings. The van der Waals surface area contributed by atoms with E-state index in [0.717, 1.165) is 0 Å². The van der Waals surface area contributed by atoms with Crippen LogP contribution in [0.4, 0.5) is 10.5 Å². The quantitative estimate of drug-likeness (QED) is 0.618. The number of hydrogen-bond acceptors (Lipinski definition) is 6. The Morgan fingerprint density at radius 3 is 2.15 bits per heavy atom. The van der Waals surface area contributed by atoms with Crippen LogP contribution in [0.2, 0.25) is 0 Å². The second-order valence-corrected chi connectivity index (χ2v) is 8.18. The van der Waals surface area contributed by atoms with Crippen molar-refractivity contribution in [2.45, 2.75) is 39.8 Å². The first-order valence-corrected chi connectivity index (χ1v) is 9.33. The summed E-state index contributed by atoms with van der Waals surface area (Å²) in [5, 5.41) is 11.6. The van der Waals surface area contributed by atoms with Crippen molar-refractivity contribution in [3.05, 3.63) is 29.8 Å². The number of carboxylic acid groups (broad SMARTS) is 1. The number of nitrogens with zero attached hydrogens (tertiary/aromatic N) is 1. The van der Waals surface area contributed by atoms with Gasteiger partial charge in [0.2, 0.25) is 5.91 Å². The molecule has 0 aromatic heterocycles. The van der Waals surface area contributed by atoms with Gasteiger partial charge in [0.15, 0.2) is 0 Å². The number of carbonyl (C=O) groups is 3. The number of benzene rings is 1. The predicted molar refractivity (Wildman–Crippen MR) is 97.2 cm³/mol. The molecule has 2 amide bonds. The van der Waals surface area contributed by atoms with Gasteiger partial charge in [-0.05, 0) is 38.5 Å². The molecule has 150 valence electrons. The molecule has 0 bridgehead atoms. The van der Waals surface area contributed by atoms with Crippen molar-refractivity contribution in [2.24, 2.45) is 0 Å². The standard InChI is InChI=1S/C16H23N3O7S/c1-11(20)17-9-12-5-7-13(8-6-12)19(10-14(21)22)27(24,25)18-15(23)26-16(2,3)4/h5-8H,9-10H2,1-4H3,(H,17,20)(H,18,23)(H,21,22). The molecule has 11 heteroatoms. The Bertz CT molecular complexity index is 798. The Morgan fingerprint density at radius 2 is 1.70 bits per heavy atom. The van der Waals surface area contributed by atoms with E-state index in [9.17, 15) is 22.8 Å². The number of rotatable bonds is 7. The SMILES string of the molecule is CC(=O)NCc1ccc(N(CC(=O)O)S(=O)(=O)NC(=O)OC(C)(C)C)cc1. The molecule has 0 radical (unpaired) electrons. The maximum absolute atomic E-state index is 12.5. The van der Waals surface area contributed by atoms with Gasteiger partial charge >= 0.3 is 22.3 Å². The van der Waals surface area contributed by atoms with Gasteiger partial charge in [-0.15, -0.1) is 0 Å². The summed E-state index contributed by atoms with van der Waals surface area (Å²) in [5.74, 6) is -1.64. The molecule has 3 N–H and O–H groups in total. The Hall–Kier alpha value is -2.82. The average molecular weight is 401 g/mol. The fourth-order valence-corrected chi connectivity index (χ4v) is 2.95. The maximum atomic E-state index is 12.5. The second kappa shape index (κ2) is 8.71. The van der Waals surface area contributed by atoms with Crippen molar-refractivity contribution in [3.8, 4) is 0 Å². The number of anilines is 1. The number of amides is 2. The molecule has 0 fully saturated rings. The van der Waals surface area contributed by atoms with Gasteiger partial charge in [-0.1, -0.05) is 12.1 Å².